The third-order valence-corrected chi connectivity index (χ3v) is 0.274. The molecule has 0 aliphatic rings. The van der Waals surface area contributed by atoms with Crippen molar-refractivity contribution in [1.82, 2.24) is 0 Å². The zero-order valence-electron chi connectivity index (χ0n) is 2.36. The van der Waals surface area contributed by atoms with E-state index in [1.165, 1.54) is 0 Å². The van der Waals surface area contributed by atoms with Crippen LogP contribution in [0.1, 0.15) is 7.43 Å². The number of rotatable bonds is 0. The summed E-state index contributed by atoms with van der Waals surface area (Å²) in [5.74, 6) is 0. The Morgan fingerprint density at radius 3 is 2.00 bits per heavy atom. The van der Waals surface area contributed by atoms with E-state index in [0.29, 0.717) is 0 Å². The number of thiocarbonyl (C=S) groups is 1. The molecule has 0 atom stereocenters. The predicted octanol–water partition coefficient (Wildman–Crippen LogP) is 1.36. The fourth-order valence-corrected chi connectivity index (χ4v) is 0. The minimum absolute atomic E-state index is 0. The van der Waals surface area contributed by atoms with Gasteiger partial charge in [-0.2, -0.15) is 0 Å². The van der Waals surface area contributed by atoms with Crippen LogP contribution < -0.4 is 0 Å². The van der Waals surface area contributed by atoms with Gasteiger partial charge in [0.05, 0.1) is 5.16 Å². The molecule has 0 saturated heterocycles. The Balaban J connectivity index is 0. The first kappa shape index (κ1) is 8.84. The Bertz CT molecular complexity index is 44.9. The highest BCUT2D eigenvalue weighted by molar-refractivity contribution is 7.78. The molecule has 0 bridgehead atoms. The van der Waals surface area contributed by atoms with E-state index in [1.54, 1.807) is 7.05 Å². The van der Waals surface area contributed by atoms with E-state index in [1.807, 2.05) is 0 Å². The van der Waals surface area contributed by atoms with Crippen molar-refractivity contribution in [3.05, 3.63) is 0 Å². The van der Waals surface area contributed by atoms with E-state index >= 15 is 0 Å². The highest BCUT2D eigenvalue weighted by Gasteiger charge is 1.24. The molecule has 0 unspecified atom stereocenters. The van der Waals surface area contributed by atoms with Gasteiger partial charge in [0.1, 0.15) is 0 Å². The molecule has 0 aromatic carbocycles. The molecule has 0 amide bonds. The lowest BCUT2D eigenvalue weighted by Gasteiger charge is -1.39. The van der Waals surface area contributed by atoms with Gasteiger partial charge in [0.2, 0.25) is 0 Å². The Morgan fingerprint density at radius 2 is 2.00 bits per heavy atom. The minimum atomic E-state index is 0. The summed E-state index contributed by atoms with van der Waals surface area (Å²) < 4.78 is 0. The molecule has 0 radical (unpaired) electrons. The topological polar surface area (TPSA) is 12.4 Å². The molecule has 5 heavy (non-hydrogen) atoms. The number of isothiocyanates is 1. The monoisotopic (exact) mass is 89.0 g/mol. The van der Waals surface area contributed by atoms with Gasteiger partial charge in [-0.15, -0.1) is 0 Å². The van der Waals surface area contributed by atoms with Gasteiger partial charge < -0.3 is 0 Å². The second kappa shape index (κ2) is 9.20. The quantitative estimate of drug-likeness (QED) is 0.322. The van der Waals surface area contributed by atoms with Crippen LogP contribution in [-0.4, -0.2) is 12.2 Å². The summed E-state index contributed by atoms with van der Waals surface area (Å²) in [5.41, 5.74) is 0. The van der Waals surface area contributed by atoms with E-state index < -0.39 is 0 Å². The summed E-state index contributed by atoms with van der Waals surface area (Å²) in [5, 5.41) is 2.14. The highest BCUT2D eigenvalue weighted by atomic mass is 32.1. The Hall–Kier alpha value is -0.200. The molecule has 0 aromatic heterocycles. The zero-order valence-corrected chi connectivity index (χ0v) is 3.17. The molecule has 2 heteroatoms. The maximum atomic E-state index is 4.14. The van der Waals surface area contributed by atoms with Crippen LogP contribution in [0.25, 0.3) is 0 Å². The van der Waals surface area contributed by atoms with Crippen LogP contribution in [0, 0.1) is 0 Å². The molecule has 1 nitrogen and oxygen atoms in total. The molecule has 0 fully saturated rings. The largest absolute Gasteiger partial charge is 0.236 e. The van der Waals surface area contributed by atoms with Crippen molar-refractivity contribution in [2.75, 3.05) is 7.05 Å². The summed E-state index contributed by atoms with van der Waals surface area (Å²) in [7, 11) is 1.59. The van der Waals surface area contributed by atoms with Crippen LogP contribution >= 0.6 is 12.2 Å². The van der Waals surface area contributed by atoms with E-state index in [0.717, 1.165) is 0 Å². The predicted molar refractivity (Wildman–Crippen MR) is 27.7 cm³/mol. The molecule has 0 spiro atoms. The molecule has 0 saturated carbocycles. The first-order chi connectivity index (χ1) is 1.91. The SMILES string of the molecule is C.CN=C=S. The molecule has 0 rings (SSSR count). The van der Waals surface area contributed by atoms with E-state index in [2.05, 4.69) is 22.4 Å². The summed E-state index contributed by atoms with van der Waals surface area (Å²) in [6.07, 6.45) is 0. The molecule has 0 aliphatic heterocycles. The molecule has 0 N–H and O–H groups in total. The van der Waals surface area contributed by atoms with E-state index in [9.17, 15) is 0 Å². The maximum absolute atomic E-state index is 4.14. The fourth-order valence-electron chi connectivity index (χ4n) is 0. The summed E-state index contributed by atoms with van der Waals surface area (Å²) in [4.78, 5) is 3.30. The first-order valence-corrected chi connectivity index (χ1v) is 1.28. The fraction of sp³-hybridized carbons (Fsp3) is 0.667. The number of aliphatic imine (C=N–C) groups is 1. The van der Waals surface area contributed by atoms with Gasteiger partial charge in [-0.1, -0.05) is 7.43 Å². The van der Waals surface area contributed by atoms with Crippen molar-refractivity contribution in [2.45, 2.75) is 7.43 Å². The first-order valence-electron chi connectivity index (χ1n) is 0.875. The average molecular weight is 89.2 g/mol. The maximum Gasteiger partial charge on any atom is 0.0582 e. The van der Waals surface area contributed by atoms with Crippen molar-refractivity contribution in [3.63, 3.8) is 0 Å². The molecule has 30 valence electrons. The number of hydrogen-bond acceptors (Lipinski definition) is 2. The number of hydrogen-bond donors (Lipinski definition) is 0. The lowest BCUT2D eigenvalue weighted by atomic mass is 11.4. The van der Waals surface area contributed by atoms with Crippen LogP contribution in [0.3, 0.4) is 0 Å². The van der Waals surface area contributed by atoms with Crippen molar-refractivity contribution in [1.29, 1.82) is 0 Å². The smallest absolute Gasteiger partial charge is 0.0582 e. The van der Waals surface area contributed by atoms with Crippen LogP contribution in [0.4, 0.5) is 0 Å². The normalized spacial score (nSPS) is 3.40. The summed E-state index contributed by atoms with van der Waals surface area (Å²) in [6, 6.07) is 0. The Kier molecular flexibility index (Phi) is 16.3. The molecular weight excluding hydrogens is 82.1 g/mol. The second-order valence-electron chi connectivity index (χ2n) is 0.315. The lowest BCUT2D eigenvalue weighted by molar-refractivity contribution is 1.49. The van der Waals surface area contributed by atoms with Gasteiger partial charge in [-0.3, -0.25) is 0 Å². The molecule has 0 aromatic rings. The van der Waals surface area contributed by atoms with Gasteiger partial charge in [0.25, 0.3) is 0 Å². The third-order valence-electron chi connectivity index (χ3n) is 0.0913. The van der Waals surface area contributed by atoms with Crippen LogP contribution in [0.15, 0.2) is 4.99 Å². The minimum Gasteiger partial charge on any atom is -0.236 e. The van der Waals surface area contributed by atoms with Crippen molar-refractivity contribution in [2.24, 2.45) is 4.99 Å². The highest BCUT2D eigenvalue weighted by Crippen LogP contribution is 1.36. The molecule has 0 heterocycles. The van der Waals surface area contributed by atoms with Crippen LogP contribution in [-0.2, 0) is 0 Å². The lowest BCUT2D eigenvalue weighted by Crippen LogP contribution is -1.33. The summed E-state index contributed by atoms with van der Waals surface area (Å²) in [6.45, 7) is 0. The van der Waals surface area contributed by atoms with E-state index in [4.69, 9.17) is 0 Å². The van der Waals surface area contributed by atoms with Crippen molar-refractivity contribution >= 4 is 17.4 Å². The second-order valence-corrected chi connectivity index (χ2v) is 0.497. The Morgan fingerprint density at radius 1 is 1.80 bits per heavy atom. The Labute approximate surface area is 37.7 Å². The standard InChI is InChI=1S/C2H3NS.CH4/c1-3-2-4;/h1H3;1H4. The van der Waals surface area contributed by atoms with Gasteiger partial charge in [-0.05, 0) is 12.2 Å². The van der Waals surface area contributed by atoms with Crippen molar-refractivity contribution in [3.8, 4) is 0 Å². The van der Waals surface area contributed by atoms with Gasteiger partial charge in [0, 0.05) is 7.05 Å². The summed E-state index contributed by atoms with van der Waals surface area (Å²) >= 11 is 4.14. The van der Waals surface area contributed by atoms with Gasteiger partial charge in [-0.25, -0.2) is 4.99 Å². The van der Waals surface area contributed by atoms with E-state index in [-0.39, 0.29) is 7.43 Å². The number of nitrogens with zero attached hydrogens (tertiary/aromatic N) is 1. The van der Waals surface area contributed by atoms with Crippen LogP contribution in [0.5, 0.6) is 0 Å². The van der Waals surface area contributed by atoms with Crippen LogP contribution in [0.2, 0.25) is 0 Å². The third kappa shape index (κ3) is 19.2. The zero-order chi connectivity index (χ0) is 3.41. The molecular formula is C3H7NS. The molecule has 0 aliphatic carbocycles. The van der Waals surface area contributed by atoms with Gasteiger partial charge in [0.15, 0.2) is 0 Å². The van der Waals surface area contributed by atoms with Crippen molar-refractivity contribution < 1.29 is 0 Å². The average Bonchev–Trinajstić information content (AvgIpc) is 1.37. The van der Waals surface area contributed by atoms with Gasteiger partial charge >= 0.3 is 0 Å².